The zero-order valence-corrected chi connectivity index (χ0v) is 18.9. The van der Waals surface area contributed by atoms with Crippen LogP contribution in [0.1, 0.15) is 16.9 Å². The van der Waals surface area contributed by atoms with Crippen LogP contribution in [0.3, 0.4) is 0 Å². The average Bonchev–Trinajstić information content (AvgIpc) is 3.24. The summed E-state index contributed by atoms with van der Waals surface area (Å²) in [7, 11) is -1.86. The van der Waals surface area contributed by atoms with Gasteiger partial charge < -0.3 is 9.26 Å². The number of benzene rings is 2. The normalized spacial score (nSPS) is 15.8. The summed E-state index contributed by atoms with van der Waals surface area (Å²) < 4.78 is 38.7. The molecule has 1 aliphatic heterocycles. The minimum absolute atomic E-state index is 0.401. The molecule has 3 aromatic rings. The van der Waals surface area contributed by atoms with Crippen molar-refractivity contribution in [1.29, 1.82) is 0 Å². The van der Waals surface area contributed by atoms with E-state index in [9.17, 15) is 8.42 Å². The molecular formula is C23H27N3O4S. The maximum absolute atomic E-state index is 13.1. The fraction of sp³-hybridized carbons (Fsp3) is 0.348. The predicted octanol–water partition coefficient (Wildman–Crippen LogP) is 3.47. The Morgan fingerprint density at radius 3 is 2.52 bits per heavy atom. The lowest BCUT2D eigenvalue weighted by Gasteiger charge is -2.33. The van der Waals surface area contributed by atoms with E-state index in [0.717, 1.165) is 33.9 Å². The standard InChI is InChI=1S/C23H27N3O4S/c1-17-8-9-18(2)23(14-17)31(27,28)26-12-10-25(11-13-26)16-19-15-21(24-30-19)20-6-4-5-7-22(20)29-3/h4-9,14-15H,10-13,16H2,1-3H3. The predicted molar refractivity (Wildman–Crippen MR) is 118 cm³/mol. The number of piperazine rings is 1. The van der Waals surface area contributed by atoms with Crippen LogP contribution < -0.4 is 4.74 Å². The van der Waals surface area contributed by atoms with E-state index < -0.39 is 10.0 Å². The van der Waals surface area contributed by atoms with E-state index in [4.69, 9.17) is 9.26 Å². The molecule has 31 heavy (non-hydrogen) atoms. The molecule has 1 aliphatic rings. The third-order valence-electron chi connectivity index (χ3n) is 5.61. The lowest BCUT2D eigenvalue weighted by atomic mass is 10.1. The zero-order valence-electron chi connectivity index (χ0n) is 18.0. The minimum Gasteiger partial charge on any atom is -0.496 e. The van der Waals surface area contributed by atoms with E-state index in [-0.39, 0.29) is 0 Å². The molecular weight excluding hydrogens is 414 g/mol. The number of hydrogen-bond acceptors (Lipinski definition) is 6. The third kappa shape index (κ3) is 4.51. The Bertz CT molecular complexity index is 1170. The van der Waals surface area contributed by atoms with Crippen molar-refractivity contribution < 1.29 is 17.7 Å². The molecule has 2 heterocycles. The maximum Gasteiger partial charge on any atom is 0.243 e. The molecule has 0 aliphatic carbocycles. The molecule has 0 N–H and O–H groups in total. The van der Waals surface area contributed by atoms with Crippen LogP contribution >= 0.6 is 0 Å². The van der Waals surface area contributed by atoms with Gasteiger partial charge in [0, 0.05) is 37.8 Å². The van der Waals surface area contributed by atoms with Crippen LogP contribution in [0.2, 0.25) is 0 Å². The summed E-state index contributed by atoms with van der Waals surface area (Å²) in [6.07, 6.45) is 0. The molecule has 4 rings (SSSR count). The van der Waals surface area contributed by atoms with Gasteiger partial charge in [0.05, 0.1) is 18.6 Å². The molecule has 0 radical (unpaired) electrons. The van der Waals surface area contributed by atoms with E-state index in [1.54, 1.807) is 17.5 Å². The number of rotatable bonds is 6. The number of hydrogen-bond donors (Lipinski definition) is 0. The molecule has 7 nitrogen and oxygen atoms in total. The van der Waals surface area contributed by atoms with Gasteiger partial charge in [-0.25, -0.2) is 8.42 Å². The summed E-state index contributed by atoms with van der Waals surface area (Å²) in [5, 5.41) is 4.18. The molecule has 0 atom stereocenters. The second kappa shape index (κ2) is 8.82. The van der Waals surface area contributed by atoms with Gasteiger partial charge in [0.15, 0.2) is 5.76 Å². The van der Waals surface area contributed by atoms with Gasteiger partial charge in [0.2, 0.25) is 10.0 Å². The summed E-state index contributed by atoms with van der Waals surface area (Å²) in [6, 6.07) is 15.1. The van der Waals surface area contributed by atoms with Gasteiger partial charge in [-0.3, -0.25) is 4.90 Å². The molecule has 0 amide bonds. The van der Waals surface area contributed by atoms with Crippen molar-refractivity contribution in [1.82, 2.24) is 14.4 Å². The van der Waals surface area contributed by atoms with Crippen molar-refractivity contribution in [2.45, 2.75) is 25.3 Å². The lowest BCUT2D eigenvalue weighted by Crippen LogP contribution is -2.48. The SMILES string of the molecule is COc1ccccc1-c1cc(CN2CCN(S(=O)(=O)c3cc(C)ccc3C)CC2)on1. The Kier molecular flexibility index (Phi) is 6.13. The molecule has 0 bridgehead atoms. The van der Waals surface area contributed by atoms with Crippen molar-refractivity contribution in [2.24, 2.45) is 0 Å². The van der Waals surface area contributed by atoms with E-state index >= 15 is 0 Å². The summed E-state index contributed by atoms with van der Waals surface area (Å²) in [6.45, 7) is 6.49. The van der Waals surface area contributed by atoms with Crippen molar-refractivity contribution in [3.8, 4) is 17.0 Å². The highest BCUT2D eigenvalue weighted by atomic mass is 32.2. The van der Waals surface area contributed by atoms with Crippen LogP contribution in [0.15, 0.2) is 57.9 Å². The van der Waals surface area contributed by atoms with Crippen LogP contribution in [0.25, 0.3) is 11.3 Å². The minimum atomic E-state index is -3.49. The van der Waals surface area contributed by atoms with Crippen LogP contribution in [0.5, 0.6) is 5.75 Å². The van der Waals surface area contributed by atoms with Crippen molar-refractivity contribution >= 4 is 10.0 Å². The number of nitrogens with zero attached hydrogens (tertiary/aromatic N) is 3. The topological polar surface area (TPSA) is 75.9 Å². The Balaban J connectivity index is 1.41. The number of aryl methyl sites for hydroxylation is 2. The van der Waals surface area contributed by atoms with Gasteiger partial charge >= 0.3 is 0 Å². The van der Waals surface area contributed by atoms with Gasteiger partial charge in [-0.2, -0.15) is 4.31 Å². The van der Waals surface area contributed by atoms with Gasteiger partial charge in [-0.1, -0.05) is 29.4 Å². The summed E-state index contributed by atoms with van der Waals surface area (Å²) >= 11 is 0. The molecule has 164 valence electrons. The second-order valence-electron chi connectivity index (χ2n) is 7.83. The fourth-order valence-corrected chi connectivity index (χ4v) is 5.58. The molecule has 8 heteroatoms. The first kappa shape index (κ1) is 21.5. The zero-order chi connectivity index (χ0) is 22.0. The first-order valence-corrected chi connectivity index (χ1v) is 11.7. The number of methoxy groups -OCH3 is 1. The average molecular weight is 442 g/mol. The molecule has 1 fully saturated rings. The van der Waals surface area contributed by atoms with Crippen molar-refractivity contribution in [3.05, 3.63) is 65.4 Å². The van der Waals surface area contributed by atoms with Crippen molar-refractivity contribution in [2.75, 3.05) is 33.3 Å². The van der Waals surface area contributed by atoms with Gasteiger partial charge in [-0.15, -0.1) is 0 Å². The monoisotopic (exact) mass is 441 g/mol. The molecule has 0 unspecified atom stereocenters. The molecule has 0 spiro atoms. The van der Waals surface area contributed by atoms with E-state index in [2.05, 4.69) is 10.1 Å². The summed E-state index contributed by atoms with van der Waals surface area (Å²) in [5.41, 5.74) is 3.32. The first-order valence-electron chi connectivity index (χ1n) is 10.3. The number of sulfonamides is 1. The third-order valence-corrected chi connectivity index (χ3v) is 7.65. The number of para-hydroxylation sites is 1. The summed E-state index contributed by atoms with van der Waals surface area (Å²) in [4.78, 5) is 2.58. The quantitative estimate of drug-likeness (QED) is 0.583. The second-order valence-corrected chi connectivity index (χ2v) is 9.73. The fourth-order valence-electron chi connectivity index (χ4n) is 3.84. The van der Waals surface area contributed by atoms with Gasteiger partial charge in [0.25, 0.3) is 0 Å². The smallest absolute Gasteiger partial charge is 0.243 e. The highest BCUT2D eigenvalue weighted by Gasteiger charge is 2.30. The van der Waals surface area contributed by atoms with E-state index in [1.807, 2.05) is 56.3 Å². The Morgan fingerprint density at radius 1 is 1.03 bits per heavy atom. The van der Waals surface area contributed by atoms with Gasteiger partial charge in [-0.05, 0) is 43.2 Å². The van der Waals surface area contributed by atoms with Gasteiger partial charge in [0.1, 0.15) is 11.4 Å². The Labute approximate surface area is 183 Å². The van der Waals surface area contributed by atoms with E-state index in [1.165, 1.54) is 0 Å². The molecule has 2 aromatic carbocycles. The van der Waals surface area contributed by atoms with Crippen LogP contribution in [0, 0.1) is 13.8 Å². The van der Waals surface area contributed by atoms with Crippen LogP contribution in [-0.4, -0.2) is 56.1 Å². The Hall–Kier alpha value is -2.68. The Morgan fingerprint density at radius 2 is 1.77 bits per heavy atom. The van der Waals surface area contributed by atoms with Crippen LogP contribution in [0.4, 0.5) is 0 Å². The summed E-state index contributed by atoms with van der Waals surface area (Å²) in [5.74, 6) is 1.49. The van der Waals surface area contributed by atoms with E-state index in [0.29, 0.717) is 37.6 Å². The number of ether oxygens (including phenoxy) is 1. The number of aromatic nitrogens is 1. The highest BCUT2D eigenvalue weighted by Crippen LogP contribution is 2.29. The lowest BCUT2D eigenvalue weighted by molar-refractivity contribution is 0.166. The molecule has 1 aromatic heterocycles. The largest absolute Gasteiger partial charge is 0.496 e. The molecule has 1 saturated heterocycles. The molecule has 0 saturated carbocycles. The highest BCUT2D eigenvalue weighted by molar-refractivity contribution is 7.89. The maximum atomic E-state index is 13.1. The first-order chi connectivity index (χ1) is 14.9. The van der Waals surface area contributed by atoms with Crippen molar-refractivity contribution in [3.63, 3.8) is 0 Å². The van der Waals surface area contributed by atoms with Crippen LogP contribution in [-0.2, 0) is 16.6 Å².